The molecule has 2 aromatic carbocycles. The van der Waals surface area contributed by atoms with Crippen LogP contribution in [0.1, 0.15) is 23.4 Å². The summed E-state index contributed by atoms with van der Waals surface area (Å²) in [5.74, 6) is 1.39. The lowest BCUT2D eigenvalue weighted by atomic mass is 10.1. The normalized spacial score (nSPS) is 10.3. The summed E-state index contributed by atoms with van der Waals surface area (Å²) in [7, 11) is 0. The second-order valence-corrected chi connectivity index (χ2v) is 5.69. The molecule has 0 saturated heterocycles. The van der Waals surface area contributed by atoms with Gasteiger partial charge in [-0.2, -0.15) is 10.4 Å². The molecule has 0 aliphatic rings. The third kappa shape index (κ3) is 4.24. The van der Waals surface area contributed by atoms with Crippen LogP contribution in [-0.4, -0.2) is 21.3 Å². The molecule has 3 rings (SSSR count). The van der Waals surface area contributed by atoms with Gasteiger partial charge in [0.25, 0.3) is 0 Å². The maximum absolute atomic E-state index is 10.9. The van der Waals surface area contributed by atoms with Gasteiger partial charge in [-0.05, 0) is 36.6 Å². The summed E-state index contributed by atoms with van der Waals surface area (Å²) < 4.78 is 4.80. The average Bonchev–Trinajstić information content (AvgIpc) is 3.11. The highest BCUT2D eigenvalue weighted by molar-refractivity contribution is 5.70. The maximum Gasteiger partial charge on any atom is 0.410 e. The summed E-state index contributed by atoms with van der Waals surface area (Å²) in [6, 6.07) is 17.0. The van der Waals surface area contributed by atoms with E-state index in [2.05, 4.69) is 27.3 Å². The molecule has 0 unspecified atom stereocenters. The van der Waals surface area contributed by atoms with Gasteiger partial charge in [-0.1, -0.05) is 30.3 Å². The maximum atomic E-state index is 10.9. The van der Waals surface area contributed by atoms with Gasteiger partial charge in [-0.15, -0.1) is 0 Å². The summed E-state index contributed by atoms with van der Waals surface area (Å²) in [5.41, 5.74) is 7.12. The third-order valence-corrected chi connectivity index (χ3v) is 3.82. The Labute approximate surface area is 150 Å². The number of nitrogens with two attached hydrogens (primary N) is 1. The first-order valence-corrected chi connectivity index (χ1v) is 8.12. The molecule has 3 aromatic rings. The summed E-state index contributed by atoms with van der Waals surface area (Å²) >= 11 is 0. The van der Waals surface area contributed by atoms with Crippen molar-refractivity contribution < 1.29 is 9.53 Å². The van der Waals surface area contributed by atoms with Crippen molar-refractivity contribution in [3.8, 4) is 23.2 Å². The predicted octanol–water partition coefficient (Wildman–Crippen LogP) is 2.98. The fraction of sp³-hybridized carbons (Fsp3) is 0.158. The van der Waals surface area contributed by atoms with Gasteiger partial charge in [0.2, 0.25) is 0 Å². The zero-order chi connectivity index (χ0) is 18.4. The lowest BCUT2D eigenvalue weighted by Crippen LogP contribution is -2.16. The first-order chi connectivity index (χ1) is 12.7. The van der Waals surface area contributed by atoms with E-state index < -0.39 is 6.09 Å². The van der Waals surface area contributed by atoms with Crippen molar-refractivity contribution >= 4 is 6.09 Å². The first-order valence-electron chi connectivity index (χ1n) is 8.12. The Morgan fingerprint density at radius 3 is 2.73 bits per heavy atom. The molecular weight excluding hydrogens is 330 g/mol. The van der Waals surface area contributed by atoms with Gasteiger partial charge in [-0.3, -0.25) is 5.10 Å². The first kappa shape index (κ1) is 17.2. The third-order valence-electron chi connectivity index (χ3n) is 3.82. The Hall–Kier alpha value is -3.66. The number of primary amides is 1. The molecule has 3 N–H and O–H groups in total. The fourth-order valence-corrected chi connectivity index (χ4v) is 2.59. The number of rotatable bonds is 6. The number of H-pyrrole nitrogens is 1. The number of carbonyl (C=O) groups is 1. The molecule has 0 atom stereocenters. The van der Waals surface area contributed by atoms with Gasteiger partial charge < -0.3 is 10.5 Å². The highest BCUT2D eigenvalue weighted by Crippen LogP contribution is 2.24. The number of aromatic amines is 1. The van der Waals surface area contributed by atoms with Crippen molar-refractivity contribution in [2.45, 2.75) is 19.3 Å². The molecule has 26 heavy (non-hydrogen) atoms. The standard InChI is InChI=1S/C19H17N5O2/c20-12-15-11-14(9-10-16(15)26-19(21)25)18-22-17(23-24-18)8-4-7-13-5-2-1-3-6-13/h1-3,5-6,9-11H,4,7-8H2,(H2,21,25)(H,22,23,24). The Morgan fingerprint density at radius 1 is 1.19 bits per heavy atom. The van der Waals surface area contributed by atoms with Crippen LogP contribution in [0.2, 0.25) is 0 Å². The minimum absolute atomic E-state index is 0.113. The lowest BCUT2D eigenvalue weighted by molar-refractivity contribution is 0.210. The van der Waals surface area contributed by atoms with Gasteiger partial charge in [0.05, 0.1) is 5.56 Å². The number of aromatic nitrogens is 3. The molecule has 0 radical (unpaired) electrons. The molecule has 0 aliphatic carbocycles. The molecule has 0 aliphatic heterocycles. The highest BCUT2D eigenvalue weighted by Gasteiger charge is 2.12. The van der Waals surface area contributed by atoms with Gasteiger partial charge in [0.15, 0.2) is 11.6 Å². The second kappa shape index (κ2) is 7.94. The number of nitrogens with zero attached hydrogens (tertiary/aromatic N) is 3. The van der Waals surface area contributed by atoms with Crippen LogP contribution in [-0.2, 0) is 12.8 Å². The van der Waals surface area contributed by atoms with Crippen LogP contribution in [0.5, 0.6) is 5.75 Å². The van der Waals surface area contributed by atoms with E-state index in [1.54, 1.807) is 12.1 Å². The van der Waals surface area contributed by atoms with E-state index in [-0.39, 0.29) is 11.3 Å². The lowest BCUT2D eigenvalue weighted by Gasteiger charge is -2.04. The van der Waals surface area contributed by atoms with Crippen LogP contribution in [0, 0.1) is 11.3 Å². The van der Waals surface area contributed by atoms with E-state index in [0.29, 0.717) is 11.4 Å². The van der Waals surface area contributed by atoms with E-state index in [0.717, 1.165) is 25.1 Å². The molecule has 7 heteroatoms. The number of hydrogen-bond donors (Lipinski definition) is 2. The summed E-state index contributed by atoms with van der Waals surface area (Å²) in [6.45, 7) is 0. The quantitative estimate of drug-likeness (QED) is 0.710. The monoisotopic (exact) mass is 347 g/mol. The van der Waals surface area contributed by atoms with E-state index in [9.17, 15) is 10.1 Å². The average molecular weight is 347 g/mol. The van der Waals surface area contributed by atoms with Crippen molar-refractivity contribution in [1.29, 1.82) is 5.26 Å². The number of nitrogens with one attached hydrogen (secondary N) is 1. The molecule has 0 fully saturated rings. The van der Waals surface area contributed by atoms with E-state index in [1.165, 1.54) is 11.6 Å². The Balaban J connectivity index is 1.67. The van der Waals surface area contributed by atoms with Crippen molar-refractivity contribution in [2.24, 2.45) is 5.73 Å². The van der Waals surface area contributed by atoms with Crippen molar-refractivity contribution in [1.82, 2.24) is 15.2 Å². The molecule has 7 nitrogen and oxygen atoms in total. The minimum atomic E-state index is -0.965. The SMILES string of the molecule is N#Cc1cc(-c2n[nH]c(CCCc3ccccc3)n2)ccc1OC(N)=O. The molecule has 130 valence electrons. The van der Waals surface area contributed by atoms with E-state index >= 15 is 0 Å². The molecule has 1 amide bonds. The van der Waals surface area contributed by atoms with Crippen LogP contribution >= 0.6 is 0 Å². The molecule has 1 aromatic heterocycles. The van der Waals surface area contributed by atoms with E-state index in [1.807, 2.05) is 24.3 Å². The number of benzene rings is 2. The van der Waals surface area contributed by atoms with Crippen LogP contribution in [0.3, 0.4) is 0 Å². The van der Waals surface area contributed by atoms with Gasteiger partial charge in [-0.25, -0.2) is 9.78 Å². The zero-order valence-electron chi connectivity index (χ0n) is 14.0. The summed E-state index contributed by atoms with van der Waals surface area (Å²) in [4.78, 5) is 15.3. The van der Waals surface area contributed by atoms with Crippen LogP contribution in [0.15, 0.2) is 48.5 Å². The topological polar surface area (TPSA) is 118 Å². The van der Waals surface area contributed by atoms with Gasteiger partial charge in [0.1, 0.15) is 11.9 Å². The van der Waals surface area contributed by atoms with Crippen LogP contribution in [0.4, 0.5) is 4.79 Å². The Morgan fingerprint density at radius 2 is 2.00 bits per heavy atom. The molecule has 0 bridgehead atoms. The van der Waals surface area contributed by atoms with Crippen molar-refractivity contribution in [3.05, 3.63) is 65.5 Å². The second-order valence-electron chi connectivity index (χ2n) is 5.69. The number of ether oxygens (including phenoxy) is 1. The minimum Gasteiger partial charge on any atom is -0.409 e. The summed E-state index contributed by atoms with van der Waals surface area (Å²) in [6.07, 6.45) is 1.73. The van der Waals surface area contributed by atoms with Crippen molar-refractivity contribution in [2.75, 3.05) is 0 Å². The zero-order valence-corrected chi connectivity index (χ0v) is 14.0. The Kier molecular flexibility index (Phi) is 5.25. The summed E-state index contributed by atoms with van der Waals surface area (Å²) in [5, 5.41) is 16.3. The van der Waals surface area contributed by atoms with Crippen LogP contribution < -0.4 is 10.5 Å². The molecule has 0 spiro atoms. The van der Waals surface area contributed by atoms with Crippen molar-refractivity contribution in [3.63, 3.8) is 0 Å². The molecular formula is C19H17N5O2. The van der Waals surface area contributed by atoms with Gasteiger partial charge >= 0.3 is 6.09 Å². The molecule has 0 saturated carbocycles. The number of carbonyl (C=O) groups excluding carboxylic acids is 1. The smallest absolute Gasteiger partial charge is 0.409 e. The van der Waals surface area contributed by atoms with E-state index in [4.69, 9.17) is 10.5 Å². The Bertz CT molecular complexity index is 944. The largest absolute Gasteiger partial charge is 0.410 e. The predicted molar refractivity (Wildman–Crippen MR) is 95.2 cm³/mol. The highest BCUT2D eigenvalue weighted by atomic mass is 16.5. The van der Waals surface area contributed by atoms with Gasteiger partial charge in [0, 0.05) is 12.0 Å². The number of hydrogen-bond acceptors (Lipinski definition) is 5. The number of aryl methyl sites for hydroxylation is 2. The fourth-order valence-electron chi connectivity index (χ4n) is 2.59. The van der Waals surface area contributed by atoms with Crippen LogP contribution in [0.25, 0.3) is 11.4 Å². The number of nitriles is 1. The number of amides is 1. The molecule has 1 heterocycles.